The molecule has 0 spiro atoms. The van der Waals surface area contributed by atoms with E-state index in [-0.39, 0.29) is 49.1 Å². The van der Waals surface area contributed by atoms with E-state index in [4.69, 9.17) is 14.2 Å². The van der Waals surface area contributed by atoms with Crippen molar-refractivity contribution in [2.45, 2.75) is 167 Å². The van der Waals surface area contributed by atoms with Crippen LogP contribution >= 0.6 is 0 Å². The van der Waals surface area contributed by atoms with Crippen LogP contribution in [-0.2, 0) is 28.6 Å². The Kier molecular flexibility index (Phi) is 34.0. The molecule has 0 N–H and O–H groups in total. The van der Waals surface area contributed by atoms with Gasteiger partial charge in [0.1, 0.15) is 12.6 Å². The van der Waals surface area contributed by atoms with Gasteiger partial charge in [0.2, 0.25) is 0 Å². The fraction of sp³-hybridized carbons (Fsp3) is 0.711. The fourth-order valence-electron chi connectivity index (χ4n) is 5.71. The van der Waals surface area contributed by atoms with Crippen molar-refractivity contribution in [3.8, 4) is 0 Å². The third-order valence-corrected chi connectivity index (χ3v) is 8.93. The molecule has 0 aliphatic heterocycles. The zero-order valence-corrected chi connectivity index (χ0v) is 34.4. The lowest BCUT2D eigenvalue weighted by atomic mass is 10.0. The molecule has 0 radical (unpaired) electrons. The summed E-state index contributed by atoms with van der Waals surface area (Å²) in [6.45, 7) is 4.45. The van der Waals surface area contributed by atoms with Gasteiger partial charge in [-0.25, -0.2) is 0 Å². The molecule has 0 fully saturated rings. The number of likely N-dealkylation sites (N-methyl/N-ethyl adjacent to an activating group) is 1. The van der Waals surface area contributed by atoms with E-state index in [1.54, 1.807) is 21.1 Å². The first kappa shape index (κ1) is 50.0. The fourth-order valence-corrected chi connectivity index (χ4v) is 5.71. The molecule has 0 saturated heterocycles. The van der Waals surface area contributed by atoms with Crippen molar-refractivity contribution < 1.29 is 38.2 Å². The monoisotopic (exact) mass is 744 g/mol. The summed E-state index contributed by atoms with van der Waals surface area (Å²) in [7, 11) is 5.38. The maximum Gasteiger partial charge on any atom is 0.306 e. The molecule has 0 aliphatic rings. The summed E-state index contributed by atoms with van der Waals surface area (Å²) in [6.07, 6.45) is 42.6. The topological polar surface area (TPSA) is 102 Å². The number of esters is 2. The van der Waals surface area contributed by atoms with E-state index in [1.807, 2.05) is 12.2 Å². The third kappa shape index (κ3) is 34.5. The second kappa shape index (κ2) is 36.0. The quantitative estimate of drug-likeness (QED) is 0.0273. The van der Waals surface area contributed by atoms with E-state index in [0.717, 1.165) is 51.4 Å². The number of nitrogens with zero attached hydrogens (tertiary/aromatic N) is 1. The Balaban J connectivity index is 4.50. The molecule has 304 valence electrons. The largest absolute Gasteiger partial charge is 0.544 e. The van der Waals surface area contributed by atoms with Crippen LogP contribution in [0.4, 0.5) is 0 Å². The Morgan fingerprint density at radius 1 is 0.585 bits per heavy atom. The molecule has 0 heterocycles. The minimum atomic E-state index is -1.14. The van der Waals surface area contributed by atoms with Gasteiger partial charge in [-0.05, 0) is 44.9 Å². The Morgan fingerprint density at radius 2 is 1.06 bits per heavy atom. The molecule has 0 bridgehead atoms. The Morgan fingerprint density at radius 3 is 1.53 bits per heavy atom. The average Bonchev–Trinajstić information content (AvgIpc) is 3.11. The van der Waals surface area contributed by atoms with E-state index in [9.17, 15) is 19.5 Å². The smallest absolute Gasteiger partial charge is 0.306 e. The number of carbonyl (C=O) groups is 3. The number of hydrogen-bond donors (Lipinski definition) is 0. The highest BCUT2D eigenvalue weighted by Gasteiger charge is 2.25. The number of carboxylic acids is 1. The van der Waals surface area contributed by atoms with E-state index < -0.39 is 18.1 Å². The van der Waals surface area contributed by atoms with Gasteiger partial charge in [0.05, 0.1) is 40.3 Å². The summed E-state index contributed by atoms with van der Waals surface area (Å²) in [5, 5.41) is 11.6. The number of unbranched alkanes of at least 4 members (excludes halogenated alkanes) is 12. The van der Waals surface area contributed by atoms with Crippen molar-refractivity contribution >= 4 is 17.9 Å². The second-order valence-electron chi connectivity index (χ2n) is 14.8. The molecular formula is C45H77NO7. The molecule has 0 rings (SSSR count). The lowest BCUT2D eigenvalue weighted by Crippen LogP contribution is -2.55. The predicted molar refractivity (Wildman–Crippen MR) is 217 cm³/mol. The SMILES string of the molecule is CC/C=C/C/C=C/C/C=C/C/C=C/C/C=C/CCC(=O)OCC(COCCC(C(=O)[O-])[N+](C)(C)C)OC(=O)CCCCCCCCCCCCCCC. The highest BCUT2D eigenvalue weighted by Crippen LogP contribution is 2.14. The van der Waals surface area contributed by atoms with E-state index in [2.05, 4.69) is 62.5 Å². The summed E-state index contributed by atoms with van der Waals surface area (Å²) >= 11 is 0. The number of aliphatic carboxylic acids is 1. The minimum absolute atomic E-state index is 0.0172. The van der Waals surface area contributed by atoms with Crippen LogP contribution < -0.4 is 5.11 Å². The lowest BCUT2D eigenvalue weighted by molar-refractivity contribution is -0.889. The molecule has 0 aliphatic carbocycles. The van der Waals surface area contributed by atoms with Crippen molar-refractivity contribution in [2.24, 2.45) is 0 Å². The van der Waals surface area contributed by atoms with Crippen LogP contribution in [0.2, 0.25) is 0 Å². The lowest BCUT2D eigenvalue weighted by Gasteiger charge is -2.34. The van der Waals surface area contributed by atoms with Gasteiger partial charge in [-0.3, -0.25) is 9.59 Å². The van der Waals surface area contributed by atoms with Crippen LogP contribution in [0.15, 0.2) is 60.8 Å². The number of allylic oxidation sites excluding steroid dienone is 10. The van der Waals surface area contributed by atoms with Gasteiger partial charge in [0.25, 0.3) is 0 Å². The maximum absolute atomic E-state index is 12.7. The Bertz CT molecular complexity index is 1050. The van der Waals surface area contributed by atoms with Crippen LogP contribution in [0, 0.1) is 0 Å². The predicted octanol–water partition coefficient (Wildman–Crippen LogP) is 9.69. The third-order valence-electron chi connectivity index (χ3n) is 8.93. The number of hydrogen-bond acceptors (Lipinski definition) is 7. The summed E-state index contributed by atoms with van der Waals surface area (Å²) in [5.41, 5.74) is 0. The molecule has 0 aromatic heterocycles. The molecule has 0 aromatic carbocycles. The van der Waals surface area contributed by atoms with Crippen molar-refractivity contribution in [2.75, 3.05) is 41.0 Å². The van der Waals surface area contributed by atoms with Gasteiger partial charge < -0.3 is 28.6 Å². The van der Waals surface area contributed by atoms with Crippen LogP contribution in [0.3, 0.4) is 0 Å². The van der Waals surface area contributed by atoms with Crippen molar-refractivity contribution in [1.29, 1.82) is 0 Å². The molecular weight excluding hydrogens is 666 g/mol. The molecule has 2 unspecified atom stereocenters. The first-order valence-electron chi connectivity index (χ1n) is 20.8. The second-order valence-corrected chi connectivity index (χ2v) is 14.8. The molecule has 8 heteroatoms. The van der Waals surface area contributed by atoms with Crippen molar-refractivity contribution in [3.63, 3.8) is 0 Å². The standard InChI is InChI=1S/C45H77NO7/c1-6-8-10-12-14-16-18-20-21-22-24-25-27-29-31-33-35-43(47)52-40-41(39-51-38-37-42(45(49)50)46(3,4)5)53-44(48)36-34-32-30-28-26-23-19-17-15-13-11-9-7-2/h8,10,14,16,20-21,24-25,29,31,41-42H,6-7,9,11-13,15,17-19,22-23,26-28,30,32-40H2,1-5H3/b10-8+,16-14+,21-20+,25-24+,31-29+. The van der Waals surface area contributed by atoms with Crippen LogP contribution in [0.5, 0.6) is 0 Å². The highest BCUT2D eigenvalue weighted by molar-refractivity contribution is 5.70. The number of rotatable bonds is 36. The molecule has 8 nitrogen and oxygen atoms in total. The van der Waals surface area contributed by atoms with Crippen molar-refractivity contribution in [3.05, 3.63) is 60.8 Å². The Labute approximate surface area is 324 Å². The molecule has 2 atom stereocenters. The number of quaternary nitrogens is 1. The molecule has 0 amide bonds. The first-order chi connectivity index (χ1) is 25.6. The first-order valence-corrected chi connectivity index (χ1v) is 20.8. The molecule has 0 aromatic rings. The maximum atomic E-state index is 12.7. The summed E-state index contributed by atoms with van der Waals surface area (Å²) in [4.78, 5) is 36.7. The van der Waals surface area contributed by atoms with Gasteiger partial charge >= 0.3 is 11.9 Å². The summed E-state index contributed by atoms with van der Waals surface area (Å²) in [6, 6.07) is -0.736. The number of ether oxygens (including phenoxy) is 3. The molecule has 53 heavy (non-hydrogen) atoms. The zero-order chi connectivity index (χ0) is 39.3. The Hall–Kier alpha value is -2.97. The number of carboxylic acid groups (broad SMARTS) is 1. The normalized spacial score (nSPS) is 13.6. The summed E-state index contributed by atoms with van der Waals surface area (Å²) in [5.74, 6) is -1.84. The van der Waals surface area contributed by atoms with Crippen molar-refractivity contribution in [1.82, 2.24) is 0 Å². The zero-order valence-electron chi connectivity index (χ0n) is 34.4. The van der Waals surface area contributed by atoms with Gasteiger partial charge in [-0.15, -0.1) is 0 Å². The summed E-state index contributed by atoms with van der Waals surface area (Å²) < 4.78 is 17.0. The van der Waals surface area contributed by atoms with Gasteiger partial charge in [-0.2, -0.15) is 0 Å². The van der Waals surface area contributed by atoms with E-state index in [0.29, 0.717) is 12.8 Å². The highest BCUT2D eigenvalue weighted by atomic mass is 16.6. The van der Waals surface area contributed by atoms with Crippen LogP contribution in [0.1, 0.15) is 155 Å². The van der Waals surface area contributed by atoms with Gasteiger partial charge in [-0.1, -0.05) is 152 Å². The number of carbonyl (C=O) groups excluding carboxylic acids is 3. The minimum Gasteiger partial charge on any atom is -0.544 e. The molecule has 0 saturated carbocycles. The van der Waals surface area contributed by atoms with E-state index >= 15 is 0 Å². The van der Waals surface area contributed by atoms with Crippen LogP contribution in [-0.4, -0.2) is 75.5 Å². The van der Waals surface area contributed by atoms with Gasteiger partial charge in [0.15, 0.2) is 6.10 Å². The average molecular weight is 744 g/mol. The van der Waals surface area contributed by atoms with E-state index in [1.165, 1.54) is 64.2 Å². The van der Waals surface area contributed by atoms with Gasteiger partial charge in [0, 0.05) is 19.3 Å². The van der Waals surface area contributed by atoms with Crippen LogP contribution in [0.25, 0.3) is 0 Å².